The lowest BCUT2D eigenvalue weighted by Gasteiger charge is -2.06. The summed E-state index contributed by atoms with van der Waals surface area (Å²) in [5.74, 6) is 0.273. The summed E-state index contributed by atoms with van der Waals surface area (Å²) in [5, 5.41) is 25.3. The van der Waals surface area contributed by atoms with E-state index in [9.17, 15) is 4.79 Å². The molecule has 0 atom stereocenters. The summed E-state index contributed by atoms with van der Waals surface area (Å²) in [6, 6.07) is 6.03. The van der Waals surface area contributed by atoms with Gasteiger partial charge in [-0.15, -0.1) is 21.5 Å². The highest BCUT2D eigenvalue weighted by Gasteiger charge is 2.44. The highest BCUT2D eigenvalue weighted by atomic mass is 35.5. The number of carbonyl (C=O) groups is 1. The first kappa shape index (κ1) is 19.7. The minimum atomic E-state index is -0.713. The summed E-state index contributed by atoms with van der Waals surface area (Å²) >= 11 is 7.96. The number of carbonyl (C=O) groups excluding carboxylic acids is 1. The number of amides is 1. The van der Waals surface area contributed by atoms with E-state index < -0.39 is 5.54 Å². The van der Waals surface area contributed by atoms with Gasteiger partial charge < -0.3 is 9.73 Å². The van der Waals surface area contributed by atoms with E-state index in [1.807, 2.05) is 25.4 Å². The van der Waals surface area contributed by atoms with Crippen LogP contribution >= 0.6 is 22.9 Å². The summed E-state index contributed by atoms with van der Waals surface area (Å²) in [7, 11) is 1.87. The summed E-state index contributed by atoms with van der Waals surface area (Å²) in [6.45, 7) is 0. The van der Waals surface area contributed by atoms with E-state index >= 15 is 0 Å². The first-order valence-electron chi connectivity index (χ1n) is 9.54. The van der Waals surface area contributed by atoms with Crippen molar-refractivity contribution in [3.05, 3.63) is 46.3 Å². The Balaban J connectivity index is 1.31. The maximum absolute atomic E-state index is 12.1. The van der Waals surface area contributed by atoms with Gasteiger partial charge in [0.2, 0.25) is 17.7 Å². The molecule has 1 N–H and O–H groups in total. The molecule has 1 saturated carbocycles. The van der Waals surface area contributed by atoms with Crippen molar-refractivity contribution in [3.8, 4) is 17.2 Å². The lowest BCUT2D eigenvalue weighted by atomic mass is 10.1. The number of fused-ring (bicyclic) bond motifs is 1. The molecule has 1 amide bonds. The Labute approximate surface area is 185 Å². The van der Waals surface area contributed by atoms with Crippen LogP contribution in [0.25, 0.3) is 21.3 Å². The first-order chi connectivity index (χ1) is 14.9. The van der Waals surface area contributed by atoms with Gasteiger partial charge in [0.25, 0.3) is 0 Å². The van der Waals surface area contributed by atoms with E-state index in [2.05, 4.69) is 31.7 Å². The van der Waals surface area contributed by atoms with Crippen LogP contribution in [0.2, 0.25) is 5.02 Å². The molecule has 0 aliphatic heterocycles. The fraction of sp³-hybridized carbons (Fsp3) is 0.300. The molecule has 156 valence electrons. The smallest absolute Gasteiger partial charge is 0.230 e. The molecule has 0 unspecified atom stereocenters. The molecule has 1 aromatic carbocycles. The number of nitrogens with one attached hydrogen (secondary N) is 1. The SMILES string of the molecule is Cn1cc(-c2cc(Cl)c3nc(Cc4nnc(CC(=O)NC5(C#N)CC5)o4)sc3c2)cn1. The number of rotatable bonds is 6. The van der Waals surface area contributed by atoms with E-state index in [1.165, 1.54) is 11.3 Å². The van der Waals surface area contributed by atoms with Crippen LogP contribution in [-0.2, 0) is 24.7 Å². The van der Waals surface area contributed by atoms with Crippen LogP contribution < -0.4 is 5.32 Å². The predicted octanol–water partition coefficient (Wildman–Crippen LogP) is 3.04. The van der Waals surface area contributed by atoms with Gasteiger partial charge in [0.1, 0.15) is 22.5 Å². The molecule has 1 aliphatic carbocycles. The van der Waals surface area contributed by atoms with Gasteiger partial charge in [-0.3, -0.25) is 9.48 Å². The number of halogens is 1. The topological polar surface area (TPSA) is 123 Å². The number of thiazole rings is 1. The van der Waals surface area contributed by atoms with Crippen molar-refractivity contribution in [1.82, 2.24) is 30.3 Å². The molecule has 3 heterocycles. The third-order valence-corrected chi connectivity index (χ3v) is 6.29. The molecule has 0 spiro atoms. The van der Waals surface area contributed by atoms with Crippen LogP contribution in [0.4, 0.5) is 0 Å². The Hall–Kier alpha value is -3.29. The number of nitriles is 1. The second kappa shape index (κ2) is 7.44. The van der Waals surface area contributed by atoms with Gasteiger partial charge in [-0.25, -0.2) is 4.98 Å². The first-order valence-corrected chi connectivity index (χ1v) is 10.7. The average Bonchev–Trinajstić information content (AvgIpc) is 3.07. The van der Waals surface area contributed by atoms with Crippen molar-refractivity contribution in [1.29, 1.82) is 5.26 Å². The molecule has 0 bridgehead atoms. The van der Waals surface area contributed by atoms with Crippen molar-refractivity contribution in [3.63, 3.8) is 0 Å². The second-order valence-corrected chi connectivity index (χ2v) is 9.02. The summed E-state index contributed by atoms with van der Waals surface area (Å²) in [4.78, 5) is 16.7. The Kier molecular flexibility index (Phi) is 4.72. The third-order valence-electron chi connectivity index (χ3n) is 5.00. The van der Waals surface area contributed by atoms with Gasteiger partial charge in [-0.2, -0.15) is 10.4 Å². The zero-order chi connectivity index (χ0) is 21.6. The van der Waals surface area contributed by atoms with Crippen LogP contribution in [0.15, 0.2) is 28.9 Å². The second-order valence-electron chi connectivity index (χ2n) is 7.50. The molecular weight excluding hydrogens is 438 g/mol. The van der Waals surface area contributed by atoms with Crippen LogP contribution in [0.1, 0.15) is 29.6 Å². The fourth-order valence-electron chi connectivity index (χ4n) is 3.25. The van der Waals surface area contributed by atoms with Crippen LogP contribution in [0.3, 0.4) is 0 Å². The Morgan fingerprint density at radius 2 is 2.16 bits per heavy atom. The average molecular weight is 454 g/mol. The standard InChI is InChI=1S/C20H16ClN7O2S/c1-28-9-12(8-23-28)11-4-13(21)19-14(5-11)31-18(24-19)7-17-27-26-16(30-17)6-15(29)25-20(10-22)2-3-20/h4-5,8-9H,2-3,6-7H2,1H3,(H,25,29). The number of aromatic nitrogens is 5. The van der Waals surface area contributed by atoms with Crippen molar-refractivity contribution in [2.24, 2.45) is 7.05 Å². The molecule has 3 aromatic heterocycles. The summed E-state index contributed by atoms with van der Waals surface area (Å²) in [6.07, 6.45) is 5.35. The normalized spacial score (nSPS) is 14.5. The summed E-state index contributed by atoms with van der Waals surface area (Å²) in [5.41, 5.74) is 1.96. The number of benzene rings is 1. The maximum Gasteiger partial charge on any atom is 0.230 e. The number of nitrogens with zero attached hydrogens (tertiary/aromatic N) is 6. The Bertz CT molecular complexity index is 1350. The van der Waals surface area contributed by atoms with E-state index in [0.29, 0.717) is 30.2 Å². The van der Waals surface area contributed by atoms with E-state index in [4.69, 9.17) is 21.3 Å². The Morgan fingerprint density at radius 3 is 2.87 bits per heavy atom. The third kappa shape index (κ3) is 4.02. The van der Waals surface area contributed by atoms with Crippen molar-refractivity contribution in [2.75, 3.05) is 0 Å². The van der Waals surface area contributed by atoms with Gasteiger partial charge in [-0.05, 0) is 30.5 Å². The van der Waals surface area contributed by atoms with Crippen molar-refractivity contribution in [2.45, 2.75) is 31.2 Å². The van der Waals surface area contributed by atoms with Gasteiger partial charge in [0.15, 0.2) is 0 Å². The lowest BCUT2D eigenvalue weighted by Crippen LogP contribution is -2.36. The molecule has 1 aliphatic rings. The highest BCUT2D eigenvalue weighted by molar-refractivity contribution is 7.18. The fourth-order valence-corrected chi connectivity index (χ4v) is 4.59. The molecule has 11 heteroatoms. The zero-order valence-corrected chi connectivity index (χ0v) is 18.0. The van der Waals surface area contributed by atoms with Crippen molar-refractivity contribution >= 4 is 39.1 Å². The number of hydrogen-bond acceptors (Lipinski definition) is 8. The minimum Gasteiger partial charge on any atom is -0.424 e. The van der Waals surface area contributed by atoms with E-state index in [0.717, 1.165) is 26.4 Å². The molecule has 1 fully saturated rings. The largest absolute Gasteiger partial charge is 0.424 e. The number of hydrogen-bond donors (Lipinski definition) is 1. The van der Waals surface area contributed by atoms with Crippen LogP contribution in [-0.4, -0.2) is 36.4 Å². The molecule has 0 saturated heterocycles. The predicted molar refractivity (Wildman–Crippen MR) is 113 cm³/mol. The number of aryl methyl sites for hydroxylation is 1. The maximum atomic E-state index is 12.1. The molecule has 0 radical (unpaired) electrons. The minimum absolute atomic E-state index is 0.0590. The molecule has 31 heavy (non-hydrogen) atoms. The summed E-state index contributed by atoms with van der Waals surface area (Å²) < 4.78 is 8.30. The highest BCUT2D eigenvalue weighted by Crippen LogP contribution is 2.35. The molecule has 4 aromatic rings. The van der Waals surface area contributed by atoms with E-state index in [1.54, 1.807) is 10.9 Å². The van der Waals surface area contributed by atoms with Gasteiger partial charge in [-0.1, -0.05) is 11.6 Å². The zero-order valence-electron chi connectivity index (χ0n) is 16.4. The van der Waals surface area contributed by atoms with Crippen molar-refractivity contribution < 1.29 is 9.21 Å². The van der Waals surface area contributed by atoms with Gasteiger partial charge in [0.05, 0.1) is 28.4 Å². The van der Waals surface area contributed by atoms with Gasteiger partial charge >= 0.3 is 0 Å². The quantitative estimate of drug-likeness (QED) is 0.476. The monoisotopic (exact) mass is 453 g/mol. The van der Waals surface area contributed by atoms with Gasteiger partial charge in [0, 0.05) is 18.8 Å². The van der Waals surface area contributed by atoms with E-state index in [-0.39, 0.29) is 18.2 Å². The van der Waals surface area contributed by atoms with Crippen LogP contribution in [0, 0.1) is 11.3 Å². The Morgan fingerprint density at radius 1 is 1.35 bits per heavy atom. The van der Waals surface area contributed by atoms with Crippen LogP contribution in [0.5, 0.6) is 0 Å². The lowest BCUT2D eigenvalue weighted by molar-refractivity contribution is -0.121. The molecule has 9 nitrogen and oxygen atoms in total. The molecule has 5 rings (SSSR count). The molecular formula is C20H16ClN7O2S.